The lowest BCUT2D eigenvalue weighted by molar-refractivity contribution is -0.134. The first-order valence-corrected chi connectivity index (χ1v) is 8.22. The number of hydrogen-bond acceptors (Lipinski definition) is 4. The SMILES string of the molecule is Cc1csc(C2CCCCN2C(=O)Cc2cccnc2)n1. The van der Waals surface area contributed by atoms with Crippen LogP contribution in [0.15, 0.2) is 29.9 Å². The van der Waals surface area contributed by atoms with Crippen LogP contribution in [0.25, 0.3) is 0 Å². The number of carbonyl (C=O) groups is 1. The van der Waals surface area contributed by atoms with Crippen molar-refractivity contribution in [2.45, 2.75) is 38.6 Å². The van der Waals surface area contributed by atoms with Crippen LogP contribution in [-0.4, -0.2) is 27.3 Å². The van der Waals surface area contributed by atoms with Crippen LogP contribution >= 0.6 is 11.3 Å². The van der Waals surface area contributed by atoms with Crippen LogP contribution in [0.1, 0.15) is 41.6 Å². The van der Waals surface area contributed by atoms with Gasteiger partial charge in [0.25, 0.3) is 0 Å². The van der Waals surface area contributed by atoms with E-state index in [4.69, 9.17) is 0 Å². The molecular weight excluding hydrogens is 282 g/mol. The summed E-state index contributed by atoms with van der Waals surface area (Å²) in [6.45, 7) is 2.84. The molecule has 2 aromatic rings. The standard InChI is InChI=1S/C16H19N3OS/c1-12-11-21-16(18-12)14-6-2-3-8-19(14)15(20)9-13-5-4-7-17-10-13/h4-5,7,10-11,14H,2-3,6,8-9H2,1H3. The van der Waals surface area contributed by atoms with Crippen molar-refractivity contribution in [3.05, 3.63) is 46.2 Å². The molecule has 1 saturated heterocycles. The Labute approximate surface area is 128 Å². The number of piperidine rings is 1. The van der Waals surface area contributed by atoms with E-state index in [1.807, 2.05) is 24.0 Å². The molecule has 2 aromatic heterocycles. The number of hydrogen-bond donors (Lipinski definition) is 0. The number of likely N-dealkylation sites (tertiary alicyclic amines) is 1. The van der Waals surface area contributed by atoms with Crippen molar-refractivity contribution in [2.24, 2.45) is 0 Å². The van der Waals surface area contributed by atoms with Crippen LogP contribution in [-0.2, 0) is 11.2 Å². The molecule has 3 rings (SSSR count). The van der Waals surface area contributed by atoms with E-state index in [0.29, 0.717) is 6.42 Å². The van der Waals surface area contributed by atoms with E-state index < -0.39 is 0 Å². The maximum Gasteiger partial charge on any atom is 0.227 e. The second-order valence-corrected chi connectivity index (χ2v) is 6.35. The van der Waals surface area contributed by atoms with Crippen LogP contribution in [0.4, 0.5) is 0 Å². The summed E-state index contributed by atoms with van der Waals surface area (Å²) in [5, 5.41) is 3.14. The first-order chi connectivity index (χ1) is 10.2. The molecule has 1 aliphatic rings. The normalized spacial score (nSPS) is 18.7. The Morgan fingerprint density at radius 3 is 3.10 bits per heavy atom. The molecule has 3 heterocycles. The first kappa shape index (κ1) is 14.2. The Morgan fingerprint density at radius 2 is 2.38 bits per heavy atom. The average molecular weight is 301 g/mol. The van der Waals surface area contributed by atoms with Gasteiger partial charge in [0.15, 0.2) is 0 Å². The van der Waals surface area contributed by atoms with E-state index in [1.54, 1.807) is 23.7 Å². The highest BCUT2D eigenvalue weighted by Gasteiger charge is 2.29. The van der Waals surface area contributed by atoms with E-state index in [-0.39, 0.29) is 11.9 Å². The minimum Gasteiger partial charge on any atom is -0.333 e. The van der Waals surface area contributed by atoms with Crippen molar-refractivity contribution in [3.8, 4) is 0 Å². The molecule has 1 atom stereocenters. The highest BCUT2D eigenvalue weighted by Crippen LogP contribution is 2.33. The molecule has 5 heteroatoms. The van der Waals surface area contributed by atoms with E-state index in [0.717, 1.165) is 35.7 Å². The maximum absolute atomic E-state index is 12.6. The summed E-state index contributed by atoms with van der Waals surface area (Å²) in [7, 11) is 0. The number of aromatic nitrogens is 2. The summed E-state index contributed by atoms with van der Waals surface area (Å²) in [6.07, 6.45) is 7.19. The molecule has 1 unspecified atom stereocenters. The molecule has 0 N–H and O–H groups in total. The van der Waals surface area contributed by atoms with Gasteiger partial charge >= 0.3 is 0 Å². The maximum atomic E-state index is 12.6. The fourth-order valence-electron chi connectivity index (χ4n) is 2.79. The Hall–Kier alpha value is -1.75. The number of carbonyl (C=O) groups excluding carboxylic acids is 1. The molecule has 110 valence electrons. The van der Waals surface area contributed by atoms with Gasteiger partial charge in [0, 0.05) is 30.0 Å². The zero-order chi connectivity index (χ0) is 14.7. The average Bonchev–Trinajstić information content (AvgIpc) is 2.95. The van der Waals surface area contributed by atoms with Crippen molar-refractivity contribution in [3.63, 3.8) is 0 Å². The topological polar surface area (TPSA) is 46.1 Å². The van der Waals surface area contributed by atoms with Crippen LogP contribution in [0.5, 0.6) is 0 Å². The summed E-state index contributed by atoms with van der Waals surface area (Å²) >= 11 is 1.67. The van der Waals surface area contributed by atoms with E-state index in [2.05, 4.69) is 15.3 Å². The van der Waals surface area contributed by atoms with E-state index in [9.17, 15) is 4.79 Å². The minimum atomic E-state index is 0.154. The second kappa shape index (κ2) is 6.35. The third-order valence-corrected chi connectivity index (χ3v) is 4.89. The molecule has 0 aromatic carbocycles. The van der Waals surface area contributed by atoms with Gasteiger partial charge in [-0.2, -0.15) is 0 Å². The number of amides is 1. The smallest absolute Gasteiger partial charge is 0.227 e. The van der Waals surface area contributed by atoms with Crippen molar-refractivity contribution >= 4 is 17.2 Å². The predicted octanol–water partition coefficient (Wildman–Crippen LogP) is 3.14. The summed E-state index contributed by atoms with van der Waals surface area (Å²) in [5.41, 5.74) is 2.02. The van der Waals surface area contributed by atoms with E-state index >= 15 is 0 Å². The molecule has 0 bridgehead atoms. The quantitative estimate of drug-likeness (QED) is 0.875. The molecule has 21 heavy (non-hydrogen) atoms. The zero-order valence-electron chi connectivity index (χ0n) is 12.2. The summed E-state index contributed by atoms with van der Waals surface area (Å²) in [6, 6.07) is 3.99. The van der Waals surface area contributed by atoms with Crippen molar-refractivity contribution in [1.29, 1.82) is 0 Å². The van der Waals surface area contributed by atoms with Gasteiger partial charge < -0.3 is 4.90 Å². The Kier molecular flexibility index (Phi) is 4.29. The largest absolute Gasteiger partial charge is 0.333 e. The lowest BCUT2D eigenvalue weighted by Gasteiger charge is -2.34. The number of pyridine rings is 1. The fraction of sp³-hybridized carbons (Fsp3) is 0.438. The molecule has 0 aliphatic carbocycles. The minimum absolute atomic E-state index is 0.154. The zero-order valence-corrected chi connectivity index (χ0v) is 13.0. The van der Waals surface area contributed by atoms with Crippen molar-refractivity contribution < 1.29 is 4.79 Å². The van der Waals surface area contributed by atoms with Gasteiger partial charge in [0.2, 0.25) is 5.91 Å². The molecule has 1 amide bonds. The number of aryl methyl sites for hydroxylation is 1. The molecule has 4 nitrogen and oxygen atoms in total. The number of rotatable bonds is 3. The summed E-state index contributed by atoms with van der Waals surface area (Å²) < 4.78 is 0. The Balaban J connectivity index is 1.76. The van der Waals surface area contributed by atoms with Crippen LogP contribution < -0.4 is 0 Å². The number of thiazole rings is 1. The highest BCUT2D eigenvalue weighted by molar-refractivity contribution is 7.09. The predicted molar refractivity (Wildman–Crippen MR) is 83.1 cm³/mol. The Bertz CT molecular complexity index is 611. The second-order valence-electron chi connectivity index (χ2n) is 5.46. The Morgan fingerprint density at radius 1 is 1.48 bits per heavy atom. The van der Waals surface area contributed by atoms with Gasteiger partial charge in [0.05, 0.1) is 12.5 Å². The molecule has 0 saturated carbocycles. The molecule has 1 aliphatic heterocycles. The number of nitrogens with zero attached hydrogens (tertiary/aromatic N) is 3. The van der Waals surface area contributed by atoms with Gasteiger partial charge in [-0.3, -0.25) is 9.78 Å². The summed E-state index contributed by atoms with van der Waals surface area (Å²) in [4.78, 5) is 23.3. The van der Waals surface area contributed by atoms with Crippen molar-refractivity contribution in [1.82, 2.24) is 14.9 Å². The van der Waals surface area contributed by atoms with Gasteiger partial charge in [0.1, 0.15) is 5.01 Å². The third-order valence-electron chi connectivity index (χ3n) is 3.82. The van der Waals surface area contributed by atoms with Crippen LogP contribution in [0.2, 0.25) is 0 Å². The van der Waals surface area contributed by atoms with Crippen molar-refractivity contribution in [2.75, 3.05) is 6.54 Å². The lowest BCUT2D eigenvalue weighted by Crippen LogP contribution is -2.39. The van der Waals surface area contributed by atoms with Gasteiger partial charge in [-0.25, -0.2) is 4.98 Å². The van der Waals surface area contributed by atoms with Gasteiger partial charge in [-0.05, 0) is 37.8 Å². The first-order valence-electron chi connectivity index (χ1n) is 7.34. The monoisotopic (exact) mass is 301 g/mol. The molecule has 0 spiro atoms. The lowest BCUT2D eigenvalue weighted by atomic mass is 10.0. The fourth-order valence-corrected chi connectivity index (χ4v) is 3.73. The van der Waals surface area contributed by atoms with Crippen LogP contribution in [0, 0.1) is 6.92 Å². The van der Waals surface area contributed by atoms with Gasteiger partial charge in [-0.15, -0.1) is 11.3 Å². The molecule has 1 fully saturated rings. The highest BCUT2D eigenvalue weighted by atomic mass is 32.1. The summed E-state index contributed by atoms with van der Waals surface area (Å²) in [5.74, 6) is 0.181. The van der Waals surface area contributed by atoms with Crippen LogP contribution in [0.3, 0.4) is 0 Å². The third kappa shape index (κ3) is 3.29. The molecular formula is C16H19N3OS. The van der Waals surface area contributed by atoms with E-state index in [1.165, 1.54) is 6.42 Å². The molecule has 0 radical (unpaired) electrons. The van der Waals surface area contributed by atoms with Gasteiger partial charge in [-0.1, -0.05) is 6.07 Å².